The van der Waals surface area contributed by atoms with Crippen LogP contribution in [0.15, 0.2) is 0 Å². The van der Waals surface area contributed by atoms with Gasteiger partial charge in [0.25, 0.3) is 0 Å². The molecule has 1 atom stereocenters. The van der Waals surface area contributed by atoms with Crippen molar-refractivity contribution < 1.29 is 4.74 Å². The lowest BCUT2D eigenvalue weighted by Crippen LogP contribution is -2.60. The molecule has 0 amide bonds. The molecule has 0 aromatic carbocycles. The molecule has 1 saturated heterocycles. The van der Waals surface area contributed by atoms with Gasteiger partial charge < -0.3 is 10.1 Å². The highest BCUT2D eigenvalue weighted by Crippen LogP contribution is 2.24. The van der Waals surface area contributed by atoms with Crippen molar-refractivity contribution in [1.82, 2.24) is 10.2 Å². The first kappa shape index (κ1) is 16.9. The average Bonchev–Trinajstić information content (AvgIpc) is 2.39. The molecule has 3 nitrogen and oxygen atoms in total. The maximum Gasteiger partial charge on any atom is 0.0594 e. The van der Waals surface area contributed by atoms with E-state index in [1.807, 2.05) is 0 Å². The summed E-state index contributed by atoms with van der Waals surface area (Å²) in [5, 5.41) is 3.78. The summed E-state index contributed by atoms with van der Waals surface area (Å²) in [6.45, 7) is 16.7. The zero-order chi connectivity index (χ0) is 14.3. The SMILES string of the molecule is CCCNC(CCC(C)C)C(C)(C)N1CCOCC1. The molecular weight excluding hydrogens is 236 g/mol. The number of hydrogen-bond acceptors (Lipinski definition) is 3. The van der Waals surface area contributed by atoms with Crippen LogP contribution in [0, 0.1) is 5.92 Å². The molecule has 1 aliphatic heterocycles. The van der Waals surface area contributed by atoms with Gasteiger partial charge in [-0.15, -0.1) is 0 Å². The van der Waals surface area contributed by atoms with Crippen LogP contribution in [-0.2, 0) is 4.74 Å². The summed E-state index contributed by atoms with van der Waals surface area (Å²) in [5.41, 5.74) is 0.216. The number of nitrogens with one attached hydrogen (secondary N) is 1. The summed E-state index contributed by atoms with van der Waals surface area (Å²) >= 11 is 0. The molecule has 0 aromatic rings. The molecule has 1 heterocycles. The minimum absolute atomic E-state index is 0.216. The Labute approximate surface area is 120 Å². The maximum absolute atomic E-state index is 5.49. The van der Waals surface area contributed by atoms with Crippen LogP contribution in [0.3, 0.4) is 0 Å². The summed E-state index contributed by atoms with van der Waals surface area (Å²) in [7, 11) is 0. The van der Waals surface area contributed by atoms with Gasteiger partial charge in [0.15, 0.2) is 0 Å². The fourth-order valence-corrected chi connectivity index (χ4v) is 2.88. The van der Waals surface area contributed by atoms with Crippen molar-refractivity contribution in [2.75, 3.05) is 32.8 Å². The molecule has 0 radical (unpaired) electrons. The van der Waals surface area contributed by atoms with Crippen LogP contribution in [0.25, 0.3) is 0 Å². The molecule has 114 valence electrons. The van der Waals surface area contributed by atoms with E-state index in [0.29, 0.717) is 6.04 Å². The molecule has 0 aromatic heterocycles. The number of hydrogen-bond donors (Lipinski definition) is 1. The van der Waals surface area contributed by atoms with Crippen molar-refractivity contribution in [3.8, 4) is 0 Å². The van der Waals surface area contributed by atoms with Crippen LogP contribution in [0.2, 0.25) is 0 Å². The highest BCUT2D eigenvalue weighted by molar-refractivity contribution is 4.94. The van der Waals surface area contributed by atoms with E-state index < -0.39 is 0 Å². The van der Waals surface area contributed by atoms with Crippen molar-refractivity contribution >= 4 is 0 Å². The van der Waals surface area contributed by atoms with Gasteiger partial charge in [0.05, 0.1) is 13.2 Å². The molecule has 0 bridgehead atoms. The van der Waals surface area contributed by atoms with Gasteiger partial charge in [-0.2, -0.15) is 0 Å². The second-order valence-corrected chi connectivity index (χ2v) is 6.73. The Balaban J connectivity index is 2.62. The van der Waals surface area contributed by atoms with E-state index in [-0.39, 0.29) is 5.54 Å². The molecule has 3 heteroatoms. The van der Waals surface area contributed by atoms with Crippen molar-refractivity contribution in [3.63, 3.8) is 0 Å². The van der Waals surface area contributed by atoms with Gasteiger partial charge in [-0.25, -0.2) is 0 Å². The average molecular weight is 270 g/mol. The topological polar surface area (TPSA) is 24.5 Å². The van der Waals surface area contributed by atoms with E-state index in [4.69, 9.17) is 4.74 Å². The third kappa shape index (κ3) is 5.41. The highest BCUT2D eigenvalue weighted by Gasteiger charge is 2.35. The number of ether oxygens (including phenoxy) is 1. The third-order valence-electron chi connectivity index (χ3n) is 4.35. The van der Waals surface area contributed by atoms with Gasteiger partial charge in [-0.3, -0.25) is 4.90 Å². The molecule has 0 spiro atoms. The van der Waals surface area contributed by atoms with Crippen molar-refractivity contribution in [2.45, 2.75) is 65.5 Å². The van der Waals surface area contributed by atoms with E-state index in [0.717, 1.165) is 38.8 Å². The molecule has 19 heavy (non-hydrogen) atoms. The minimum atomic E-state index is 0.216. The standard InChI is InChI=1S/C16H34N2O/c1-6-9-17-15(8-7-14(2)3)16(4,5)18-10-12-19-13-11-18/h14-15,17H,6-13H2,1-5H3. The lowest BCUT2D eigenvalue weighted by atomic mass is 9.86. The minimum Gasteiger partial charge on any atom is -0.379 e. The Bertz CT molecular complexity index is 235. The smallest absolute Gasteiger partial charge is 0.0594 e. The Morgan fingerprint density at radius 2 is 1.79 bits per heavy atom. The van der Waals surface area contributed by atoms with Crippen molar-refractivity contribution in [1.29, 1.82) is 0 Å². The van der Waals surface area contributed by atoms with Gasteiger partial charge in [0.1, 0.15) is 0 Å². The maximum atomic E-state index is 5.49. The van der Waals surface area contributed by atoms with E-state index in [9.17, 15) is 0 Å². The number of nitrogens with zero attached hydrogens (tertiary/aromatic N) is 1. The predicted molar refractivity (Wildman–Crippen MR) is 82.6 cm³/mol. The summed E-state index contributed by atoms with van der Waals surface area (Å²) in [6, 6.07) is 0.577. The second kappa shape index (κ2) is 8.23. The van der Waals surface area contributed by atoms with Gasteiger partial charge in [-0.1, -0.05) is 20.8 Å². The summed E-state index contributed by atoms with van der Waals surface area (Å²) in [6.07, 6.45) is 3.77. The first-order valence-corrected chi connectivity index (χ1v) is 8.04. The normalized spacial score (nSPS) is 19.9. The fourth-order valence-electron chi connectivity index (χ4n) is 2.88. The Hall–Kier alpha value is -0.120. The molecule has 1 fully saturated rings. The molecule has 0 saturated carbocycles. The lowest BCUT2D eigenvalue weighted by Gasteiger charge is -2.46. The third-order valence-corrected chi connectivity index (χ3v) is 4.35. The van der Waals surface area contributed by atoms with Crippen molar-refractivity contribution in [2.24, 2.45) is 5.92 Å². The van der Waals surface area contributed by atoms with E-state index in [1.54, 1.807) is 0 Å². The summed E-state index contributed by atoms with van der Waals surface area (Å²) < 4.78 is 5.49. The number of morpholine rings is 1. The quantitative estimate of drug-likeness (QED) is 0.734. The van der Waals surface area contributed by atoms with Crippen molar-refractivity contribution in [3.05, 3.63) is 0 Å². The fraction of sp³-hybridized carbons (Fsp3) is 1.00. The first-order valence-electron chi connectivity index (χ1n) is 8.04. The first-order chi connectivity index (χ1) is 8.98. The van der Waals surface area contributed by atoms with Crippen LogP contribution in [-0.4, -0.2) is 49.3 Å². The number of rotatable bonds is 8. The van der Waals surface area contributed by atoms with E-state index in [1.165, 1.54) is 19.3 Å². The van der Waals surface area contributed by atoms with Crippen LogP contribution in [0.4, 0.5) is 0 Å². The molecule has 1 unspecified atom stereocenters. The monoisotopic (exact) mass is 270 g/mol. The summed E-state index contributed by atoms with van der Waals surface area (Å²) in [4.78, 5) is 2.60. The van der Waals surface area contributed by atoms with Crippen LogP contribution in [0.5, 0.6) is 0 Å². The Morgan fingerprint density at radius 1 is 1.16 bits per heavy atom. The molecule has 1 rings (SSSR count). The van der Waals surface area contributed by atoms with Gasteiger partial charge in [-0.05, 0) is 45.6 Å². The molecule has 0 aliphatic carbocycles. The molecular formula is C16H34N2O. The largest absolute Gasteiger partial charge is 0.379 e. The highest BCUT2D eigenvalue weighted by atomic mass is 16.5. The molecule has 1 aliphatic rings. The second-order valence-electron chi connectivity index (χ2n) is 6.73. The van der Waals surface area contributed by atoms with E-state index >= 15 is 0 Å². The Morgan fingerprint density at radius 3 is 2.32 bits per heavy atom. The van der Waals surface area contributed by atoms with Gasteiger partial charge >= 0.3 is 0 Å². The van der Waals surface area contributed by atoms with Gasteiger partial charge in [0.2, 0.25) is 0 Å². The van der Waals surface area contributed by atoms with Crippen LogP contribution >= 0.6 is 0 Å². The van der Waals surface area contributed by atoms with Gasteiger partial charge in [0, 0.05) is 24.7 Å². The lowest BCUT2D eigenvalue weighted by molar-refractivity contribution is -0.0249. The molecule has 1 N–H and O–H groups in total. The predicted octanol–water partition coefficient (Wildman–Crippen LogP) is 2.90. The zero-order valence-corrected chi connectivity index (χ0v) is 13.7. The summed E-state index contributed by atoms with van der Waals surface area (Å²) in [5.74, 6) is 0.784. The Kier molecular flexibility index (Phi) is 7.33. The van der Waals surface area contributed by atoms with Crippen LogP contribution < -0.4 is 5.32 Å². The van der Waals surface area contributed by atoms with Crippen LogP contribution in [0.1, 0.15) is 53.9 Å². The van der Waals surface area contributed by atoms with E-state index in [2.05, 4.69) is 44.8 Å². The zero-order valence-electron chi connectivity index (χ0n) is 13.7.